The fourth-order valence-electron chi connectivity index (χ4n) is 2.94. The maximum Gasteiger partial charge on any atom is 0.251 e. The third-order valence-corrected chi connectivity index (χ3v) is 4.63. The van der Waals surface area contributed by atoms with Crippen molar-refractivity contribution in [2.45, 2.75) is 6.92 Å². The Balaban J connectivity index is 1.63. The molecule has 1 aliphatic rings. The molecule has 0 saturated carbocycles. The molecule has 1 fully saturated rings. The van der Waals surface area contributed by atoms with Crippen LogP contribution in [0.5, 0.6) is 0 Å². The summed E-state index contributed by atoms with van der Waals surface area (Å²) in [6.45, 7) is 5.80. The van der Waals surface area contributed by atoms with E-state index >= 15 is 0 Å². The molecule has 1 aliphatic heterocycles. The van der Waals surface area contributed by atoms with Crippen molar-refractivity contribution in [1.29, 1.82) is 0 Å². The number of carbonyl (C=O) groups excluding carboxylic acids is 1. The highest BCUT2D eigenvalue weighted by Crippen LogP contribution is 2.20. The van der Waals surface area contributed by atoms with Crippen LogP contribution in [-0.4, -0.2) is 44.0 Å². The number of hydrogen-bond acceptors (Lipinski definition) is 3. The van der Waals surface area contributed by atoms with E-state index in [2.05, 4.69) is 22.2 Å². The zero-order valence-corrected chi connectivity index (χ0v) is 15.2. The summed E-state index contributed by atoms with van der Waals surface area (Å²) in [5.41, 5.74) is 2.76. The number of nitrogens with zero attached hydrogens (tertiary/aromatic N) is 2. The summed E-state index contributed by atoms with van der Waals surface area (Å²) < 4.78 is 13.7. The predicted molar refractivity (Wildman–Crippen MR) is 105 cm³/mol. The van der Waals surface area contributed by atoms with Crippen LogP contribution in [0.2, 0.25) is 0 Å². The molecule has 0 spiro atoms. The first-order valence-electron chi connectivity index (χ1n) is 8.80. The lowest BCUT2D eigenvalue weighted by Gasteiger charge is -2.34. The number of carbonyl (C=O) groups is 1. The minimum Gasteiger partial charge on any atom is -0.369 e. The minimum absolute atomic E-state index is 0.236. The Morgan fingerprint density at radius 1 is 1.04 bits per heavy atom. The molecule has 136 valence electrons. The molecule has 0 atom stereocenters. The molecule has 1 saturated heterocycles. The Morgan fingerprint density at radius 2 is 1.69 bits per heavy atom. The van der Waals surface area contributed by atoms with E-state index in [-0.39, 0.29) is 11.7 Å². The standard InChI is InChI=1S/C21H24FN3O/c1-16(15-17-5-3-4-6-20(17)22)21(26)23-18-7-9-19(10-8-18)25-13-11-24(2)12-14-25/h3-10,15H,11-14H2,1-2H3,(H,23,26)/b16-15+. The van der Waals surface area contributed by atoms with Gasteiger partial charge in [-0.2, -0.15) is 0 Å². The SMILES string of the molecule is C/C(=C\c1ccccc1F)C(=O)Nc1ccc(N2CCN(C)CC2)cc1. The number of halogens is 1. The van der Waals surface area contributed by atoms with Crippen molar-refractivity contribution in [2.24, 2.45) is 0 Å². The van der Waals surface area contributed by atoms with E-state index in [1.165, 1.54) is 6.07 Å². The van der Waals surface area contributed by atoms with Crippen LogP contribution < -0.4 is 10.2 Å². The number of nitrogens with one attached hydrogen (secondary N) is 1. The fourth-order valence-corrected chi connectivity index (χ4v) is 2.94. The van der Waals surface area contributed by atoms with Crippen LogP contribution in [0.3, 0.4) is 0 Å². The Hall–Kier alpha value is -2.66. The van der Waals surface area contributed by atoms with Gasteiger partial charge in [-0.25, -0.2) is 4.39 Å². The van der Waals surface area contributed by atoms with Crippen molar-refractivity contribution in [3.63, 3.8) is 0 Å². The van der Waals surface area contributed by atoms with Gasteiger partial charge in [0.15, 0.2) is 0 Å². The number of amides is 1. The molecule has 0 aliphatic carbocycles. The summed E-state index contributed by atoms with van der Waals surface area (Å²) in [7, 11) is 2.13. The average Bonchev–Trinajstić information content (AvgIpc) is 2.65. The van der Waals surface area contributed by atoms with Crippen molar-refractivity contribution < 1.29 is 9.18 Å². The first-order chi connectivity index (χ1) is 12.5. The lowest BCUT2D eigenvalue weighted by Crippen LogP contribution is -2.44. The van der Waals surface area contributed by atoms with Gasteiger partial charge in [0.1, 0.15) is 5.82 Å². The molecule has 0 aromatic heterocycles. The maximum atomic E-state index is 13.7. The molecule has 2 aromatic carbocycles. The molecule has 5 heteroatoms. The summed E-state index contributed by atoms with van der Waals surface area (Å²) in [6.07, 6.45) is 1.56. The largest absolute Gasteiger partial charge is 0.369 e. The van der Waals surface area contributed by atoms with Crippen LogP contribution >= 0.6 is 0 Å². The Morgan fingerprint density at radius 3 is 2.35 bits per heavy atom. The van der Waals surface area contributed by atoms with Crippen LogP contribution in [0.25, 0.3) is 6.08 Å². The summed E-state index contributed by atoms with van der Waals surface area (Å²) in [6, 6.07) is 14.3. The van der Waals surface area contributed by atoms with Crippen LogP contribution in [0.4, 0.5) is 15.8 Å². The van der Waals surface area contributed by atoms with Crippen LogP contribution in [-0.2, 0) is 4.79 Å². The number of likely N-dealkylation sites (N-methyl/N-ethyl adjacent to an activating group) is 1. The summed E-state index contributed by atoms with van der Waals surface area (Å²) in [5, 5.41) is 2.86. The molecule has 1 amide bonds. The van der Waals surface area contributed by atoms with Gasteiger partial charge in [0.2, 0.25) is 0 Å². The van der Waals surface area contributed by atoms with Crippen molar-refractivity contribution in [3.05, 3.63) is 65.5 Å². The third kappa shape index (κ3) is 4.49. The molecule has 1 N–H and O–H groups in total. The average molecular weight is 353 g/mol. The summed E-state index contributed by atoms with van der Waals surface area (Å²) in [5.74, 6) is -0.572. The van der Waals surface area contributed by atoms with Gasteiger partial charge in [0.05, 0.1) is 0 Å². The molecular weight excluding hydrogens is 329 g/mol. The number of benzene rings is 2. The monoisotopic (exact) mass is 353 g/mol. The van der Waals surface area contributed by atoms with E-state index in [4.69, 9.17) is 0 Å². The number of rotatable bonds is 4. The second-order valence-corrected chi connectivity index (χ2v) is 6.64. The van der Waals surface area contributed by atoms with E-state index in [1.807, 2.05) is 24.3 Å². The molecule has 0 unspecified atom stereocenters. The van der Waals surface area contributed by atoms with Gasteiger partial charge in [-0.05, 0) is 50.4 Å². The van der Waals surface area contributed by atoms with E-state index in [9.17, 15) is 9.18 Å². The summed E-state index contributed by atoms with van der Waals surface area (Å²) in [4.78, 5) is 17.0. The second kappa shape index (κ2) is 8.15. The normalized spacial score (nSPS) is 15.8. The van der Waals surface area contributed by atoms with Gasteiger partial charge in [-0.3, -0.25) is 4.79 Å². The maximum absolute atomic E-state index is 13.7. The highest BCUT2D eigenvalue weighted by atomic mass is 19.1. The molecule has 4 nitrogen and oxygen atoms in total. The van der Waals surface area contributed by atoms with Crippen LogP contribution in [0.1, 0.15) is 12.5 Å². The minimum atomic E-state index is -0.337. The molecule has 0 radical (unpaired) electrons. The first-order valence-corrected chi connectivity index (χ1v) is 8.80. The highest BCUT2D eigenvalue weighted by molar-refractivity contribution is 6.06. The molecule has 1 heterocycles. The quantitative estimate of drug-likeness (QED) is 0.853. The van der Waals surface area contributed by atoms with Gasteiger partial charge >= 0.3 is 0 Å². The lowest BCUT2D eigenvalue weighted by atomic mass is 10.1. The Bertz CT molecular complexity index is 793. The Kier molecular flexibility index (Phi) is 5.68. The van der Waals surface area contributed by atoms with E-state index in [1.54, 1.807) is 31.2 Å². The van der Waals surface area contributed by atoms with E-state index in [0.29, 0.717) is 11.1 Å². The molecule has 0 bridgehead atoms. The molecule has 26 heavy (non-hydrogen) atoms. The number of piperazine rings is 1. The van der Waals surface area contributed by atoms with E-state index < -0.39 is 0 Å². The van der Waals surface area contributed by atoms with Crippen molar-refractivity contribution in [3.8, 4) is 0 Å². The van der Waals surface area contributed by atoms with Gasteiger partial charge < -0.3 is 15.1 Å². The Labute approximate surface area is 153 Å². The molecule has 2 aromatic rings. The van der Waals surface area contributed by atoms with Gasteiger partial charge in [0, 0.05) is 48.7 Å². The van der Waals surface area contributed by atoms with Crippen LogP contribution in [0.15, 0.2) is 54.1 Å². The van der Waals surface area contributed by atoms with Crippen molar-refractivity contribution >= 4 is 23.4 Å². The second-order valence-electron chi connectivity index (χ2n) is 6.64. The van der Waals surface area contributed by atoms with Crippen LogP contribution in [0, 0.1) is 5.82 Å². The molecule has 3 rings (SSSR count). The van der Waals surface area contributed by atoms with Gasteiger partial charge in [-0.15, -0.1) is 0 Å². The lowest BCUT2D eigenvalue weighted by molar-refractivity contribution is -0.112. The first kappa shape index (κ1) is 18.1. The highest BCUT2D eigenvalue weighted by Gasteiger charge is 2.14. The van der Waals surface area contributed by atoms with Crippen molar-refractivity contribution in [2.75, 3.05) is 43.4 Å². The number of anilines is 2. The van der Waals surface area contributed by atoms with E-state index in [0.717, 1.165) is 37.6 Å². The molecular formula is C21H24FN3O. The number of hydrogen-bond donors (Lipinski definition) is 1. The smallest absolute Gasteiger partial charge is 0.251 e. The predicted octanol–water partition coefficient (Wildman–Crippen LogP) is 3.62. The topological polar surface area (TPSA) is 35.6 Å². The van der Waals surface area contributed by atoms with Crippen molar-refractivity contribution in [1.82, 2.24) is 4.90 Å². The zero-order valence-electron chi connectivity index (χ0n) is 15.2. The zero-order chi connectivity index (χ0) is 18.5. The van der Waals surface area contributed by atoms with Gasteiger partial charge in [-0.1, -0.05) is 18.2 Å². The van der Waals surface area contributed by atoms with Gasteiger partial charge in [0.25, 0.3) is 5.91 Å². The fraction of sp³-hybridized carbons (Fsp3) is 0.286. The third-order valence-electron chi connectivity index (χ3n) is 4.63. The summed E-state index contributed by atoms with van der Waals surface area (Å²) >= 11 is 0.